The molecule has 0 atom stereocenters. The van der Waals surface area contributed by atoms with Crippen molar-refractivity contribution in [3.63, 3.8) is 0 Å². The lowest BCUT2D eigenvalue weighted by atomic mass is 10.2. The Morgan fingerprint density at radius 3 is 2.09 bits per heavy atom. The van der Waals surface area contributed by atoms with Crippen LogP contribution in [0.25, 0.3) is 16.7 Å². The highest BCUT2D eigenvalue weighted by atomic mass is 16.2. The van der Waals surface area contributed by atoms with Crippen LogP contribution in [-0.2, 0) is 0 Å². The van der Waals surface area contributed by atoms with Gasteiger partial charge in [0.2, 0.25) is 0 Å². The Morgan fingerprint density at radius 2 is 1.38 bits per heavy atom. The maximum Gasteiger partial charge on any atom is 0.321 e. The van der Waals surface area contributed by atoms with E-state index in [1.54, 1.807) is 42.7 Å². The van der Waals surface area contributed by atoms with Gasteiger partial charge in [0.15, 0.2) is 0 Å². The van der Waals surface area contributed by atoms with Crippen LogP contribution < -0.4 is 10.6 Å². The average molecular weight is 454 g/mol. The average Bonchev–Trinajstić information content (AvgIpc) is 3.10. The summed E-state index contributed by atoms with van der Waals surface area (Å²) < 4.78 is 2.00. The number of imidazole rings is 1. The molecule has 1 saturated heterocycles. The fourth-order valence-electron chi connectivity index (χ4n) is 4.25. The Bertz CT molecular complexity index is 1290. The van der Waals surface area contributed by atoms with Gasteiger partial charge in [-0.25, -0.2) is 9.78 Å². The molecule has 5 rings (SSSR count). The molecule has 3 aromatic carbocycles. The van der Waals surface area contributed by atoms with Crippen LogP contribution in [0.15, 0.2) is 79.1 Å². The Hall–Kier alpha value is -4.13. The maximum absolute atomic E-state index is 12.7. The van der Waals surface area contributed by atoms with Crippen molar-refractivity contribution >= 4 is 34.3 Å². The van der Waals surface area contributed by atoms with Gasteiger partial charge in [-0.05, 0) is 73.5 Å². The van der Waals surface area contributed by atoms with Crippen LogP contribution >= 0.6 is 0 Å². The molecular formula is C27H27N5O2. The molecule has 2 heterocycles. The van der Waals surface area contributed by atoms with Gasteiger partial charge in [0, 0.05) is 35.7 Å². The standard InChI is InChI=1S/C27H27N5O2/c33-26(20-9-15-23(16-10-20)32-19-28-24-7-3-4-8-25(24)32)29-21-11-13-22(14-12-21)30-27(34)31-17-5-1-2-6-18-31/h3-4,7-16,19H,1-2,5-6,17-18H2,(H,29,33)(H,30,34). The predicted molar refractivity (Wildman–Crippen MR) is 135 cm³/mol. The molecule has 34 heavy (non-hydrogen) atoms. The minimum absolute atomic E-state index is 0.0653. The highest BCUT2D eigenvalue weighted by Gasteiger charge is 2.15. The lowest BCUT2D eigenvalue weighted by Crippen LogP contribution is -2.35. The number of urea groups is 1. The van der Waals surface area contributed by atoms with Gasteiger partial charge in [-0.3, -0.25) is 9.36 Å². The van der Waals surface area contributed by atoms with Gasteiger partial charge in [0.05, 0.1) is 11.0 Å². The summed E-state index contributed by atoms with van der Waals surface area (Å²) in [4.78, 5) is 31.5. The van der Waals surface area contributed by atoms with E-state index in [1.165, 1.54) is 12.8 Å². The third kappa shape index (κ3) is 4.78. The number of para-hydroxylation sites is 2. The number of hydrogen-bond donors (Lipinski definition) is 2. The van der Waals surface area contributed by atoms with Gasteiger partial charge in [-0.1, -0.05) is 25.0 Å². The van der Waals surface area contributed by atoms with E-state index in [2.05, 4.69) is 15.6 Å². The second kappa shape index (κ2) is 9.79. The number of likely N-dealkylation sites (tertiary alicyclic amines) is 1. The molecule has 7 heteroatoms. The number of anilines is 2. The molecule has 0 bridgehead atoms. The summed E-state index contributed by atoms with van der Waals surface area (Å²) in [6.45, 7) is 1.60. The quantitative estimate of drug-likeness (QED) is 0.417. The van der Waals surface area contributed by atoms with E-state index in [9.17, 15) is 9.59 Å². The van der Waals surface area contributed by atoms with E-state index in [-0.39, 0.29) is 11.9 Å². The number of rotatable bonds is 4. The van der Waals surface area contributed by atoms with Crippen LogP contribution in [-0.4, -0.2) is 39.5 Å². The van der Waals surface area contributed by atoms with Gasteiger partial charge in [0.1, 0.15) is 6.33 Å². The zero-order valence-electron chi connectivity index (χ0n) is 18.9. The lowest BCUT2D eigenvalue weighted by molar-refractivity contribution is 0.102. The molecule has 7 nitrogen and oxygen atoms in total. The van der Waals surface area contributed by atoms with E-state index in [4.69, 9.17) is 0 Å². The summed E-state index contributed by atoms with van der Waals surface area (Å²) in [5.41, 5.74) is 4.83. The summed E-state index contributed by atoms with van der Waals surface area (Å²) >= 11 is 0. The number of fused-ring (bicyclic) bond motifs is 1. The molecule has 172 valence electrons. The maximum atomic E-state index is 12.7. The largest absolute Gasteiger partial charge is 0.325 e. The number of aromatic nitrogens is 2. The van der Waals surface area contributed by atoms with Crippen LogP contribution in [0.2, 0.25) is 0 Å². The van der Waals surface area contributed by atoms with E-state index in [0.717, 1.165) is 42.7 Å². The van der Waals surface area contributed by atoms with E-state index < -0.39 is 0 Å². The smallest absolute Gasteiger partial charge is 0.321 e. The molecule has 0 saturated carbocycles. The van der Waals surface area contributed by atoms with E-state index in [0.29, 0.717) is 16.9 Å². The summed E-state index contributed by atoms with van der Waals surface area (Å²) in [5, 5.41) is 5.86. The normalized spacial score (nSPS) is 13.9. The number of amides is 3. The van der Waals surface area contributed by atoms with Crippen LogP contribution in [0.4, 0.5) is 16.2 Å². The zero-order valence-corrected chi connectivity index (χ0v) is 18.9. The first-order valence-electron chi connectivity index (χ1n) is 11.7. The monoisotopic (exact) mass is 453 g/mol. The summed E-state index contributed by atoms with van der Waals surface area (Å²) in [5.74, 6) is -0.191. The van der Waals surface area contributed by atoms with Crippen LogP contribution in [0.5, 0.6) is 0 Å². The Morgan fingerprint density at radius 1 is 0.735 bits per heavy atom. The van der Waals surface area contributed by atoms with Crippen molar-refractivity contribution in [2.45, 2.75) is 25.7 Å². The number of hydrogen-bond acceptors (Lipinski definition) is 3. The molecule has 3 amide bonds. The molecule has 2 N–H and O–H groups in total. The van der Waals surface area contributed by atoms with Crippen molar-refractivity contribution < 1.29 is 9.59 Å². The van der Waals surface area contributed by atoms with Crippen molar-refractivity contribution in [3.05, 3.63) is 84.7 Å². The van der Waals surface area contributed by atoms with Crippen molar-refractivity contribution in [2.24, 2.45) is 0 Å². The van der Waals surface area contributed by atoms with Crippen LogP contribution in [0, 0.1) is 0 Å². The lowest BCUT2D eigenvalue weighted by Gasteiger charge is -2.20. The summed E-state index contributed by atoms with van der Waals surface area (Å²) in [6.07, 6.45) is 6.26. The molecule has 4 aromatic rings. The molecule has 0 aliphatic carbocycles. The topological polar surface area (TPSA) is 79.3 Å². The Labute approximate surface area is 198 Å². The Kier molecular flexibility index (Phi) is 6.25. The number of carbonyl (C=O) groups is 2. The second-order valence-corrected chi connectivity index (χ2v) is 8.51. The van der Waals surface area contributed by atoms with Crippen molar-refractivity contribution in [2.75, 3.05) is 23.7 Å². The summed E-state index contributed by atoms with van der Waals surface area (Å²) in [6, 6.07) is 22.5. The van der Waals surface area contributed by atoms with Crippen LogP contribution in [0.3, 0.4) is 0 Å². The number of benzene rings is 3. The Balaban J connectivity index is 1.21. The third-order valence-electron chi connectivity index (χ3n) is 6.15. The number of nitrogens with one attached hydrogen (secondary N) is 2. The highest BCUT2D eigenvalue weighted by Crippen LogP contribution is 2.20. The van der Waals surface area contributed by atoms with Crippen molar-refractivity contribution in [1.82, 2.24) is 14.5 Å². The molecular weight excluding hydrogens is 426 g/mol. The second-order valence-electron chi connectivity index (χ2n) is 8.51. The molecule has 1 aliphatic rings. The SMILES string of the molecule is O=C(Nc1ccc(NC(=O)N2CCCCCC2)cc1)c1ccc(-n2cnc3ccccc32)cc1. The van der Waals surface area contributed by atoms with E-state index in [1.807, 2.05) is 45.9 Å². The van der Waals surface area contributed by atoms with Crippen LogP contribution in [0.1, 0.15) is 36.0 Å². The minimum Gasteiger partial charge on any atom is -0.325 e. The van der Waals surface area contributed by atoms with Crippen molar-refractivity contribution in [3.8, 4) is 5.69 Å². The van der Waals surface area contributed by atoms with Gasteiger partial charge in [0.25, 0.3) is 5.91 Å². The van der Waals surface area contributed by atoms with Crippen molar-refractivity contribution in [1.29, 1.82) is 0 Å². The van der Waals surface area contributed by atoms with Gasteiger partial charge >= 0.3 is 6.03 Å². The molecule has 0 radical (unpaired) electrons. The highest BCUT2D eigenvalue weighted by molar-refractivity contribution is 6.04. The fraction of sp³-hybridized carbons (Fsp3) is 0.222. The van der Waals surface area contributed by atoms with E-state index >= 15 is 0 Å². The number of nitrogens with zero attached hydrogens (tertiary/aromatic N) is 3. The van der Waals surface area contributed by atoms with Gasteiger partial charge < -0.3 is 15.5 Å². The molecule has 0 spiro atoms. The zero-order chi connectivity index (χ0) is 23.3. The fourth-order valence-corrected chi connectivity index (χ4v) is 4.25. The van der Waals surface area contributed by atoms with Gasteiger partial charge in [-0.15, -0.1) is 0 Å². The molecule has 0 unspecified atom stereocenters. The minimum atomic E-state index is -0.191. The first kappa shape index (κ1) is 21.7. The predicted octanol–water partition coefficient (Wildman–Crippen LogP) is 5.69. The number of carbonyl (C=O) groups excluding carboxylic acids is 2. The first-order valence-corrected chi connectivity index (χ1v) is 11.7. The summed E-state index contributed by atoms with van der Waals surface area (Å²) in [7, 11) is 0. The third-order valence-corrected chi connectivity index (χ3v) is 6.15. The molecule has 1 fully saturated rings. The molecule has 1 aromatic heterocycles. The van der Waals surface area contributed by atoms with Gasteiger partial charge in [-0.2, -0.15) is 0 Å². The first-order chi connectivity index (χ1) is 16.7. The molecule has 1 aliphatic heterocycles.